The van der Waals surface area contributed by atoms with Crippen molar-refractivity contribution in [1.82, 2.24) is 24.6 Å². The number of anilines is 1. The summed E-state index contributed by atoms with van der Waals surface area (Å²) in [4.78, 5) is 13.7. The lowest BCUT2D eigenvalue weighted by atomic mass is 10.1. The molecule has 30 heavy (non-hydrogen) atoms. The number of piperazine rings is 1. The van der Waals surface area contributed by atoms with Crippen LogP contribution in [0.2, 0.25) is 5.28 Å². The summed E-state index contributed by atoms with van der Waals surface area (Å²) in [5.74, 6) is 0.269. The molecule has 2 bridgehead atoms. The number of hydrogen-bond donors (Lipinski definition) is 0. The van der Waals surface area contributed by atoms with E-state index >= 15 is 4.39 Å². The van der Waals surface area contributed by atoms with E-state index in [9.17, 15) is 0 Å². The van der Waals surface area contributed by atoms with E-state index in [1.165, 1.54) is 0 Å². The van der Waals surface area contributed by atoms with Crippen molar-refractivity contribution in [3.63, 3.8) is 0 Å². The van der Waals surface area contributed by atoms with Crippen LogP contribution in [0.25, 0.3) is 21.8 Å². The van der Waals surface area contributed by atoms with Crippen molar-refractivity contribution >= 4 is 55.2 Å². The number of methoxy groups -OCH3 is 1. The second-order valence-electron chi connectivity index (χ2n) is 8.13. The van der Waals surface area contributed by atoms with Gasteiger partial charge in [-0.3, -0.25) is 9.58 Å². The number of likely N-dealkylation sites (tertiary alicyclic amines) is 1. The zero-order chi connectivity index (χ0) is 21.0. The van der Waals surface area contributed by atoms with Gasteiger partial charge in [0.25, 0.3) is 0 Å². The van der Waals surface area contributed by atoms with E-state index in [1.807, 2.05) is 13.2 Å². The Morgan fingerprint density at radius 3 is 2.67 bits per heavy atom. The lowest BCUT2D eigenvalue weighted by molar-refractivity contribution is 0.159. The molecular weight excluding hydrogens is 475 g/mol. The summed E-state index contributed by atoms with van der Waals surface area (Å²) >= 11 is 9.63. The number of benzene rings is 1. The summed E-state index contributed by atoms with van der Waals surface area (Å²) in [5.41, 5.74) is 0.805. The highest BCUT2D eigenvalue weighted by atomic mass is 79.9. The van der Waals surface area contributed by atoms with Crippen molar-refractivity contribution in [2.24, 2.45) is 7.05 Å². The van der Waals surface area contributed by atoms with Gasteiger partial charge in [-0.25, -0.2) is 9.37 Å². The van der Waals surface area contributed by atoms with Gasteiger partial charge in [-0.1, -0.05) is 0 Å². The summed E-state index contributed by atoms with van der Waals surface area (Å²) in [6, 6.07) is 0.637. The predicted octanol–water partition coefficient (Wildman–Crippen LogP) is 3.76. The molecule has 3 aromatic rings. The fourth-order valence-corrected chi connectivity index (χ4v) is 5.65. The Morgan fingerprint density at radius 2 is 1.97 bits per heavy atom. The van der Waals surface area contributed by atoms with Gasteiger partial charge in [0.05, 0.1) is 9.86 Å². The second kappa shape index (κ2) is 7.85. The molecule has 4 heterocycles. The third-order valence-corrected chi connectivity index (χ3v) is 7.09. The molecule has 2 fully saturated rings. The van der Waals surface area contributed by atoms with E-state index in [4.69, 9.17) is 16.3 Å². The molecule has 10 heteroatoms. The van der Waals surface area contributed by atoms with Crippen LogP contribution in [0.4, 0.5) is 10.2 Å². The van der Waals surface area contributed by atoms with Crippen LogP contribution in [0.15, 0.2) is 10.7 Å². The molecular formula is C20H23BrClFN6O. The first-order valence-electron chi connectivity index (χ1n) is 10.1. The van der Waals surface area contributed by atoms with Crippen LogP contribution in [-0.4, -0.2) is 70.1 Å². The van der Waals surface area contributed by atoms with Crippen molar-refractivity contribution < 1.29 is 9.13 Å². The van der Waals surface area contributed by atoms with E-state index in [-0.39, 0.29) is 10.8 Å². The zero-order valence-electron chi connectivity index (χ0n) is 16.9. The Hall–Kier alpha value is -1.55. The fourth-order valence-electron chi connectivity index (χ4n) is 5.01. The van der Waals surface area contributed by atoms with Gasteiger partial charge in [0, 0.05) is 64.1 Å². The van der Waals surface area contributed by atoms with Crippen LogP contribution in [0, 0.1) is 5.82 Å². The van der Waals surface area contributed by atoms with Gasteiger partial charge >= 0.3 is 0 Å². The Bertz CT molecular complexity index is 1110. The van der Waals surface area contributed by atoms with E-state index in [2.05, 4.69) is 40.8 Å². The minimum Gasteiger partial charge on any atom is -0.385 e. The van der Waals surface area contributed by atoms with Gasteiger partial charge in [-0.2, -0.15) is 10.1 Å². The van der Waals surface area contributed by atoms with Gasteiger partial charge < -0.3 is 9.64 Å². The van der Waals surface area contributed by atoms with Crippen LogP contribution >= 0.6 is 27.5 Å². The summed E-state index contributed by atoms with van der Waals surface area (Å²) < 4.78 is 22.4. The average Bonchev–Trinajstić information content (AvgIpc) is 3.22. The van der Waals surface area contributed by atoms with Crippen LogP contribution in [0.1, 0.15) is 19.3 Å². The third kappa shape index (κ3) is 3.26. The first-order chi connectivity index (χ1) is 14.5. The highest BCUT2D eigenvalue weighted by Gasteiger charge is 2.41. The zero-order valence-corrected chi connectivity index (χ0v) is 19.2. The highest BCUT2D eigenvalue weighted by Crippen LogP contribution is 2.42. The Morgan fingerprint density at radius 1 is 1.23 bits per heavy atom. The van der Waals surface area contributed by atoms with Crippen molar-refractivity contribution in [2.75, 3.05) is 38.3 Å². The number of hydrogen-bond acceptors (Lipinski definition) is 6. The van der Waals surface area contributed by atoms with Gasteiger partial charge in [0.2, 0.25) is 5.28 Å². The molecule has 7 nitrogen and oxygen atoms in total. The molecule has 2 aromatic heterocycles. The summed E-state index contributed by atoms with van der Waals surface area (Å²) in [5, 5.41) is 6.02. The number of halogens is 3. The van der Waals surface area contributed by atoms with E-state index in [0.717, 1.165) is 56.7 Å². The molecule has 2 aliphatic rings. The van der Waals surface area contributed by atoms with Crippen molar-refractivity contribution in [1.29, 1.82) is 0 Å². The smallest absolute Gasteiger partial charge is 0.225 e. The Labute approximate surface area is 187 Å². The van der Waals surface area contributed by atoms with Crippen LogP contribution < -0.4 is 4.90 Å². The molecule has 0 amide bonds. The van der Waals surface area contributed by atoms with Crippen molar-refractivity contribution in [2.45, 2.75) is 31.3 Å². The summed E-state index contributed by atoms with van der Waals surface area (Å²) in [7, 11) is 3.57. The first-order valence-corrected chi connectivity index (χ1v) is 11.3. The molecule has 0 radical (unpaired) electrons. The quantitative estimate of drug-likeness (QED) is 0.395. The summed E-state index contributed by atoms with van der Waals surface area (Å²) in [6.45, 7) is 3.71. The SMILES string of the molecule is COCCCN1C[C@H]2CC[C@@H](C1)N2c1nc(Cl)nc2c(F)c(Br)c3nn(C)cc3c12. The molecule has 0 spiro atoms. The number of nitrogens with zero attached hydrogens (tertiary/aromatic N) is 6. The lowest BCUT2D eigenvalue weighted by Gasteiger charge is -2.42. The summed E-state index contributed by atoms with van der Waals surface area (Å²) in [6.07, 6.45) is 5.09. The van der Waals surface area contributed by atoms with Gasteiger partial charge in [-0.05, 0) is 46.8 Å². The molecule has 5 rings (SSSR count). The Kier molecular flexibility index (Phi) is 5.33. The number of aromatic nitrogens is 4. The van der Waals surface area contributed by atoms with Crippen LogP contribution in [0.3, 0.4) is 0 Å². The van der Waals surface area contributed by atoms with Crippen LogP contribution in [-0.2, 0) is 11.8 Å². The molecule has 2 saturated heterocycles. The molecule has 2 atom stereocenters. The minimum absolute atomic E-state index is 0.0634. The molecule has 0 saturated carbocycles. The van der Waals surface area contributed by atoms with Gasteiger partial charge in [0.1, 0.15) is 16.9 Å². The molecule has 0 N–H and O–H groups in total. The minimum atomic E-state index is -0.452. The predicted molar refractivity (Wildman–Crippen MR) is 119 cm³/mol. The van der Waals surface area contributed by atoms with E-state index in [1.54, 1.807) is 11.8 Å². The third-order valence-electron chi connectivity index (χ3n) is 6.19. The van der Waals surface area contributed by atoms with Crippen molar-refractivity contribution in [3.05, 3.63) is 21.8 Å². The molecule has 160 valence electrons. The topological polar surface area (TPSA) is 59.3 Å². The molecule has 1 aromatic carbocycles. The molecule has 2 aliphatic heterocycles. The normalized spacial score (nSPS) is 22.0. The molecule has 0 aliphatic carbocycles. The number of aryl methyl sites for hydroxylation is 1. The van der Waals surface area contributed by atoms with Gasteiger partial charge in [-0.15, -0.1) is 0 Å². The standard InChI is InChI=1S/C20H23BrClFN6O/c1-27-10-13-14-18(16(23)15(21)17(13)26-27)24-20(22)25-19(14)29-11-4-5-12(29)9-28(8-11)6-3-7-30-2/h10-12H,3-9H2,1-2H3/t11-,12+. The lowest BCUT2D eigenvalue weighted by Crippen LogP contribution is -2.54. The average molecular weight is 498 g/mol. The van der Waals surface area contributed by atoms with E-state index < -0.39 is 5.82 Å². The van der Waals surface area contributed by atoms with E-state index in [0.29, 0.717) is 27.5 Å². The monoisotopic (exact) mass is 496 g/mol. The Balaban J connectivity index is 1.62. The number of ether oxygens (including phenoxy) is 1. The maximum Gasteiger partial charge on any atom is 0.225 e. The highest BCUT2D eigenvalue weighted by molar-refractivity contribution is 9.10. The second-order valence-corrected chi connectivity index (χ2v) is 9.26. The number of fused-ring (bicyclic) bond motifs is 5. The van der Waals surface area contributed by atoms with Crippen molar-refractivity contribution in [3.8, 4) is 0 Å². The van der Waals surface area contributed by atoms with Crippen LogP contribution in [0.5, 0.6) is 0 Å². The first kappa shape index (κ1) is 20.4. The maximum absolute atomic E-state index is 15.2. The largest absolute Gasteiger partial charge is 0.385 e. The maximum atomic E-state index is 15.2. The van der Waals surface area contributed by atoms with Gasteiger partial charge in [0.15, 0.2) is 5.82 Å². The fraction of sp³-hybridized carbons (Fsp3) is 0.550. The number of rotatable bonds is 5. The molecule has 0 unspecified atom stereocenters.